The van der Waals surface area contributed by atoms with Crippen LogP contribution in [-0.4, -0.2) is 31.6 Å². The first-order valence-electron chi connectivity index (χ1n) is 5.78. The Bertz CT molecular complexity index is 355. The van der Waals surface area contributed by atoms with Crippen LogP contribution in [0.25, 0.3) is 0 Å². The van der Waals surface area contributed by atoms with E-state index < -0.39 is 0 Å². The summed E-state index contributed by atoms with van der Waals surface area (Å²) < 4.78 is 1.12. The summed E-state index contributed by atoms with van der Waals surface area (Å²) in [5.74, 6) is 1.14. The van der Waals surface area contributed by atoms with Crippen LogP contribution in [0.1, 0.15) is 12.5 Å². The van der Waals surface area contributed by atoms with Crippen LogP contribution in [0.4, 0.5) is 5.69 Å². The molecule has 0 aliphatic heterocycles. The lowest BCUT2D eigenvalue weighted by Gasteiger charge is -2.23. The Hall–Kier alpha value is -0.190. The Balaban J connectivity index is 2.89. The molecule has 1 aromatic carbocycles. The van der Waals surface area contributed by atoms with Gasteiger partial charge in [-0.1, -0.05) is 22.0 Å². The molecular formula is C13H21BrN2S. The SMILES string of the molecule is CSCCN(C)c1cc(Br)ccc1CC(C)N. The second-order valence-corrected chi connectivity index (χ2v) is 6.27. The van der Waals surface area contributed by atoms with E-state index in [-0.39, 0.29) is 6.04 Å². The highest BCUT2D eigenvalue weighted by Crippen LogP contribution is 2.25. The van der Waals surface area contributed by atoms with Crippen molar-refractivity contribution < 1.29 is 0 Å². The first kappa shape index (κ1) is 14.9. The minimum atomic E-state index is 0.198. The smallest absolute Gasteiger partial charge is 0.0408 e. The summed E-state index contributed by atoms with van der Waals surface area (Å²) >= 11 is 5.41. The van der Waals surface area contributed by atoms with Gasteiger partial charge in [0.1, 0.15) is 0 Å². The van der Waals surface area contributed by atoms with Crippen LogP contribution in [0.5, 0.6) is 0 Å². The topological polar surface area (TPSA) is 29.3 Å². The van der Waals surface area contributed by atoms with E-state index in [1.54, 1.807) is 0 Å². The highest BCUT2D eigenvalue weighted by molar-refractivity contribution is 9.10. The fraction of sp³-hybridized carbons (Fsp3) is 0.538. The molecular weight excluding hydrogens is 296 g/mol. The third-order valence-corrected chi connectivity index (χ3v) is 3.72. The highest BCUT2D eigenvalue weighted by Gasteiger charge is 2.09. The summed E-state index contributed by atoms with van der Waals surface area (Å²) in [6.45, 7) is 3.11. The summed E-state index contributed by atoms with van der Waals surface area (Å²) in [5, 5.41) is 0. The molecule has 1 rings (SSSR count). The van der Waals surface area contributed by atoms with E-state index in [9.17, 15) is 0 Å². The van der Waals surface area contributed by atoms with Crippen LogP contribution in [0, 0.1) is 0 Å². The number of anilines is 1. The molecule has 0 heterocycles. The minimum absolute atomic E-state index is 0.198. The predicted molar refractivity (Wildman–Crippen MR) is 83.1 cm³/mol. The van der Waals surface area contributed by atoms with Crippen LogP contribution in [0.15, 0.2) is 22.7 Å². The molecule has 96 valence electrons. The molecule has 0 aromatic heterocycles. The van der Waals surface area contributed by atoms with Crippen molar-refractivity contribution in [1.82, 2.24) is 0 Å². The summed E-state index contributed by atoms with van der Waals surface area (Å²) in [7, 11) is 2.14. The first-order valence-corrected chi connectivity index (χ1v) is 7.97. The Kier molecular flexibility index (Phi) is 6.38. The van der Waals surface area contributed by atoms with E-state index in [1.165, 1.54) is 11.3 Å². The lowest BCUT2D eigenvalue weighted by Crippen LogP contribution is -2.24. The molecule has 0 spiro atoms. The lowest BCUT2D eigenvalue weighted by atomic mass is 10.0. The molecule has 1 atom stereocenters. The highest BCUT2D eigenvalue weighted by atomic mass is 79.9. The number of hydrogen-bond acceptors (Lipinski definition) is 3. The number of hydrogen-bond donors (Lipinski definition) is 1. The second kappa shape index (κ2) is 7.29. The molecule has 0 saturated heterocycles. The number of thioether (sulfide) groups is 1. The molecule has 2 N–H and O–H groups in total. The molecule has 1 aromatic rings. The summed E-state index contributed by atoms with van der Waals surface area (Å²) in [4.78, 5) is 2.30. The zero-order valence-corrected chi connectivity index (χ0v) is 13.1. The fourth-order valence-corrected chi connectivity index (χ4v) is 2.57. The Morgan fingerprint density at radius 3 is 2.76 bits per heavy atom. The van der Waals surface area contributed by atoms with Gasteiger partial charge in [0, 0.05) is 35.5 Å². The summed E-state index contributed by atoms with van der Waals surface area (Å²) in [5.41, 5.74) is 8.51. The molecule has 17 heavy (non-hydrogen) atoms. The minimum Gasteiger partial charge on any atom is -0.374 e. The zero-order chi connectivity index (χ0) is 12.8. The zero-order valence-electron chi connectivity index (χ0n) is 10.7. The molecule has 0 amide bonds. The lowest BCUT2D eigenvalue weighted by molar-refractivity contribution is 0.735. The van der Waals surface area contributed by atoms with Gasteiger partial charge in [-0.15, -0.1) is 0 Å². The van der Waals surface area contributed by atoms with Crippen LogP contribution in [0.2, 0.25) is 0 Å². The van der Waals surface area contributed by atoms with Crippen molar-refractivity contribution in [3.63, 3.8) is 0 Å². The van der Waals surface area contributed by atoms with E-state index >= 15 is 0 Å². The number of halogens is 1. The van der Waals surface area contributed by atoms with Gasteiger partial charge in [0.15, 0.2) is 0 Å². The number of rotatable bonds is 6. The average molecular weight is 317 g/mol. The first-order chi connectivity index (χ1) is 8.04. The number of nitrogens with zero attached hydrogens (tertiary/aromatic N) is 1. The maximum atomic E-state index is 5.90. The predicted octanol–water partition coefficient (Wildman–Crippen LogP) is 3.14. The quantitative estimate of drug-likeness (QED) is 0.874. The van der Waals surface area contributed by atoms with Gasteiger partial charge in [0.2, 0.25) is 0 Å². The third kappa shape index (κ3) is 4.90. The van der Waals surface area contributed by atoms with Crippen molar-refractivity contribution in [3.8, 4) is 0 Å². The largest absolute Gasteiger partial charge is 0.374 e. The third-order valence-electron chi connectivity index (χ3n) is 2.63. The van der Waals surface area contributed by atoms with Gasteiger partial charge < -0.3 is 10.6 Å². The van der Waals surface area contributed by atoms with E-state index in [4.69, 9.17) is 5.73 Å². The molecule has 0 aliphatic carbocycles. The molecule has 2 nitrogen and oxygen atoms in total. The monoisotopic (exact) mass is 316 g/mol. The second-order valence-electron chi connectivity index (χ2n) is 4.37. The van der Waals surface area contributed by atoms with Gasteiger partial charge in [0.05, 0.1) is 0 Å². The normalized spacial score (nSPS) is 12.5. The molecule has 0 bridgehead atoms. The van der Waals surface area contributed by atoms with Crippen molar-refractivity contribution in [1.29, 1.82) is 0 Å². The van der Waals surface area contributed by atoms with Gasteiger partial charge in [-0.2, -0.15) is 11.8 Å². The molecule has 0 aliphatic rings. The van der Waals surface area contributed by atoms with Crippen molar-refractivity contribution in [2.45, 2.75) is 19.4 Å². The Morgan fingerprint density at radius 2 is 2.18 bits per heavy atom. The van der Waals surface area contributed by atoms with Crippen LogP contribution >= 0.6 is 27.7 Å². The van der Waals surface area contributed by atoms with Crippen LogP contribution < -0.4 is 10.6 Å². The van der Waals surface area contributed by atoms with Crippen molar-refractivity contribution in [2.24, 2.45) is 5.73 Å². The van der Waals surface area contributed by atoms with E-state index in [0.29, 0.717) is 0 Å². The van der Waals surface area contributed by atoms with E-state index in [1.807, 2.05) is 18.7 Å². The van der Waals surface area contributed by atoms with E-state index in [0.717, 1.165) is 23.2 Å². The van der Waals surface area contributed by atoms with Crippen LogP contribution in [0.3, 0.4) is 0 Å². The average Bonchev–Trinajstić information content (AvgIpc) is 2.27. The van der Waals surface area contributed by atoms with E-state index in [2.05, 4.69) is 52.3 Å². The van der Waals surface area contributed by atoms with Gasteiger partial charge in [0.25, 0.3) is 0 Å². The molecule has 1 unspecified atom stereocenters. The molecule has 0 saturated carbocycles. The van der Waals surface area contributed by atoms with Crippen molar-refractivity contribution >= 4 is 33.4 Å². The Labute approximate surface area is 117 Å². The van der Waals surface area contributed by atoms with Gasteiger partial charge in [-0.25, -0.2) is 0 Å². The molecule has 0 fully saturated rings. The van der Waals surface area contributed by atoms with Crippen molar-refractivity contribution in [2.75, 3.05) is 30.5 Å². The maximum Gasteiger partial charge on any atom is 0.0408 e. The number of nitrogens with two attached hydrogens (primary N) is 1. The van der Waals surface area contributed by atoms with Crippen LogP contribution in [-0.2, 0) is 6.42 Å². The molecule has 0 radical (unpaired) electrons. The number of benzene rings is 1. The summed E-state index contributed by atoms with van der Waals surface area (Å²) in [6.07, 6.45) is 3.06. The molecule has 4 heteroatoms. The van der Waals surface area contributed by atoms with Crippen molar-refractivity contribution in [3.05, 3.63) is 28.2 Å². The van der Waals surface area contributed by atoms with Gasteiger partial charge in [-0.05, 0) is 37.3 Å². The van der Waals surface area contributed by atoms with Gasteiger partial charge in [-0.3, -0.25) is 0 Å². The summed E-state index contributed by atoms with van der Waals surface area (Å²) in [6, 6.07) is 6.63. The van der Waals surface area contributed by atoms with Gasteiger partial charge >= 0.3 is 0 Å². The Morgan fingerprint density at radius 1 is 1.47 bits per heavy atom. The standard InChI is InChI=1S/C13H21BrN2S/c1-10(15)8-11-4-5-12(14)9-13(11)16(2)6-7-17-3/h4-5,9-10H,6-8,15H2,1-3H3. The maximum absolute atomic E-state index is 5.90. The fourth-order valence-electron chi connectivity index (χ4n) is 1.76.